The summed E-state index contributed by atoms with van der Waals surface area (Å²) in [6.45, 7) is 7.00. The molecule has 0 unspecified atom stereocenters. The predicted molar refractivity (Wildman–Crippen MR) is 76.3 cm³/mol. The summed E-state index contributed by atoms with van der Waals surface area (Å²) < 4.78 is 15.4. The molecule has 0 amide bonds. The first-order valence-corrected chi connectivity index (χ1v) is 6.67. The standard InChI is InChI=1S/C15H20FN3/c1-4-5-8-19-10-12(3)17-15(19)18-14-9-13(16)7-6-11(14)2/h6-7,9-10H,4-5,8H2,1-3H3,(H,17,18). The van der Waals surface area contributed by atoms with Gasteiger partial charge in [0.2, 0.25) is 5.95 Å². The van der Waals surface area contributed by atoms with Gasteiger partial charge in [-0.1, -0.05) is 19.4 Å². The molecule has 0 aliphatic rings. The highest BCUT2D eigenvalue weighted by molar-refractivity contribution is 5.58. The minimum Gasteiger partial charge on any atom is -0.325 e. The summed E-state index contributed by atoms with van der Waals surface area (Å²) in [7, 11) is 0. The molecule has 1 aromatic carbocycles. The van der Waals surface area contributed by atoms with E-state index in [9.17, 15) is 4.39 Å². The summed E-state index contributed by atoms with van der Waals surface area (Å²) in [6.07, 6.45) is 4.26. The van der Waals surface area contributed by atoms with E-state index in [0.717, 1.165) is 42.3 Å². The van der Waals surface area contributed by atoms with E-state index in [1.54, 1.807) is 6.07 Å². The van der Waals surface area contributed by atoms with Crippen LogP contribution in [0.3, 0.4) is 0 Å². The topological polar surface area (TPSA) is 29.9 Å². The Morgan fingerprint density at radius 1 is 1.32 bits per heavy atom. The zero-order chi connectivity index (χ0) is 13.8. The van der Waals surface area contributed by atoms with Crippen LogP contribution in [0.5, 0.6) is 0 Å². The first kappa shape index (κ1) is 13.6. The van der Waals surface area contributed by atoms with E-state index in [-0.39, 0.29) is 5.82 Å². The quantitative estimate of drug-likeness (QED) is 0.875. The summed E-state index contributed by atoms with van der Waals surface area (Å²) in [5.41, 5.74) is 2.74. The van der Waals surface area contributed by atoms with E-state index in [4.69, 9.17) is 0 Å². The number of hydrogen-bond acceptors (Lipinski definition) is 2. The van der Waals surface area contributed by atoms with Crippen molar-refractivity contribution in [3.63, 3.8) is 0 Å². The van der Waals surface area contributed by atoms with Gasteiger partial charge in [0, 0.05) is 18.4 Å². The van der Waals surface area contributed by atoms with Gasteiger partial charge in [-0.25, -0.2) is 9.37 Å². The number of imidazole rings is 1. The van der Waals surface area contributed by atoms with E-state index >= 15 is 0 Å². The van der Waals surface area contributed by atoms with Crippen LogP contribution in [0.15, 0.2) is 24.4 Å². The van der Waals surface area contributed by atoms with Crippen molar-refractivity contribution in [1.82, 2.24) is 9.55 Å². The Labute approximate surface area is 113 Å². The van der Waals surface area contributed by atoms with Crippen LogP contribution in [0.4, 0.5) is 16.0 Å². The molecule has 1 N–H and O–H groups in total. The molecular weight excluding hydrogens is 241 g/mol. The average molecular weight is 261 g/mol. The molecule has 0 saturated heterocycles. The van der Waals surface area contributed by atoms with Gasteiger partial charge in [-0.15, -0.1) is 0 Å². The Balaban J connectivity index is 2.24. The monoisotopic (exact) mass is 261 g/mol. The summed E-state index contributed by atoms with van der Waals surface area (Å²) in [5, 5.41) is 3.22. The maximum absolute atomic E-state index is 13.3. The second-order valence-corrected chi connectivity index (χ2v) is 4.84. The Morgan fingerprint density at radius 2 is 2.11 bits per heavy atom. The third-order valence-electron chi connectivity index (χ3n) is 3.10. The van der Waals surface area contributed by atoms with Crippen molar-refractivity contribution in [3.05, 3.63) is 41.5 Å². The van der Waals surface area contributed by atoms with Gasteiger partial charge in [0.05, 0.1) is 5.69 Å². The zero-order valence-electron chi connectivity index (χ0n) is 11.7. The Bertz CT molecular complexity index is 561. The first-order valence-electron chi connectivity index (χ1n) is 6.67. The van der Waals surface area contributed by atoms with Crippen LogP contribution in [0.25, 0.3) is 0 Å². The highest BCUT2D eigenvalue weighted by atomic mass is 19.1. The minimum atomic E-state index is -0.239. The molecule has 4 heteroatoms. The number of rotatable bonds is 5. The average Bonchev–Trinajstić information content (AvgIpc) is 2.71. The van der Waals surface area contributed by atoms with Crippen molar-refractivity contribution >= 4 is 11.6 Å². The second kappa shape index (κ2) is 5.87. The van der Waals surface area contributed by atoms with Gasteiger partial charge in [0.15, 0.2) is 0 Å². The molecule has 0 saturated carbocycles. The van der Waals surface area contributed by atoms with E-state index in [2.05, 4.69) is 21.8 Å². The molecule has 0 spiro atoms. The Hall–Kier alpha value is -1.84. The maximum Gasteiger partial charge on any atom is 0.207 e. The molecule has 0 aliphatic heterocycles. The Morgan fingerprint density at radius 3 is 2.84 bits per heavy atom. The predicted octanol–water partition coefficient (Wildman–Crippen LogP) is 4.18. The van der Waals surface area contributed by atoms with Gasteiger partial charge >= 0.3 is 0 Å². The van der Waals surface area contributed by atoms with Crippen LogP contribution < -0.4 is 5.32 Å². The second-order valence-electron chi connectivity index (χ2n) is 4.84. The van der Waals surface area contributed by atoms with Gasteiger partial charge in [-0.3, -0.25) is 0 Å². The molecule has 3 nitrogen and oxygen atoms in total. The van der Waals surface area contributed by atoms with Gasteiger partial charge < -0.3 is 9.88 Å². The third-order valence-corrected chi connectivity index (χ3v) is 3.10. The summed E-state index contributed by atoms with van der Waals surface area (Å²) in [6, 6.07) is 4.74. The van der Waals surface area contributed by atoms with Crippen molar-refractivity contribution in [2.45, 2.75) is 40.2 Å². The highest BCUT2D eigenvalue weighted by Crippen LogP contribution is 2.21. The number of nitrogens with zero attached hydrogens (tertiary/aromatic N) is 2. The van der Waals surface area contributed by atoms with Crippen molar-refractivity contribution in [3.8, 4) is 0 Å². The molecule has 19 heavy (non-hydrogen) atoms. The number of nitrogens with one attached hydrogen (secondary N) is 1. The molecule has 2 rings (SSSR count). The lowest BCUT2D eigenvalue weighted by Gasteiger charge is -2.11. The molecule has 102 valence electrons. The number of anilines is 2. The minimum absolute atomic E-state index is 0.239. The molecule has 1 heterocycles. The molecule has 1 aromatic heterocycles. The van der Waals surface area contributed by atoms with Gasteiger partial charge in [0.1, 0.15) is 5.82 Å². The van der Waals surface area contributed by atoms with Crippen LogP contribution in [-0.2, 0) is 6.54 Å². The SMILES string of the molecule is CCCCn1cc(C)nc1Nc1cc(F)ccc1C. The lowest BCUT2D eigenvalue weighted by atomic mass is 10.2. The van der Waals surface area contributed by atoms with Crippen LogP contribution in [0.1, 0.15) is 31.0 Å². The van der Waals surface area contributed by atoms with Gasteiger partial charge in [0.25, 0.3) is 0 Å². The maximum atomic E-state index is 13.3. The van der Waals surface area contributed by atoms with E-state index in [0.29, 0.717) is 0 Å². The van der Waals surface area contributed by atoms with Crippen LogP contribution >= 0.6 is 0 Å². The van der Waals surface area contributed by atoms with Gasteiger partial charge in [-0.05, 0) is 38.0 Å². The van der Waals surface area contributed by atoms with Crippen LogP contribution in [-0.4, -0.2) is 9.55 Å². The van der Waals surface area contributed by atoms with Crippen molar-refractivity contribution in [2.24, 2.45) is 0 Å². The fraction of sp³-hybridized carbons (Fsp3) is 0.400. The normalized spacial score (nSPS) is 10.7. The van der Waals surface area contributed by atoms with Crippen LogP contribution in [0.2, 0.25) is 0 Å². The fourth-order valence-electron chi connectivity index (χ4n) is 1.99. The Kier molecular flexibility index (Phi) is 4.20. The van der Waals surface area contributed by atoms with Crippen LogP contribution in [0, 0.1) is 19.7 Å². The number of benzene rings is 1. The van der Waals surface area contributed by atoms with E-state index in [1.807, 2.05) is 20.0 Å². The third kappa shape index (κ3) is 3.34. The number of unbranched alkanes of at least 4 members (excludes halogenated alkanes) is 1. The van der Waals surface area contributed by atoms with Crippen molar-refractivity contribution in [2.75, 3.05) is 5.32 Å². The summed E-state index contributed by atoms with van der Waals surface area (Å²) >= 11 is 0. The number of hydrogen-bond donors (Lipinski definition) is 1. The summed E-state index contributed by atoms with van der Waals surface area (Å²) in [4.78, 5) is 4.46. The molecule has 2 aromatic rings. The van der Waals surface area contributed by atoms with Crippen molar-refractivity contribution in [1.29, 1.82) is 0 Å². The molecule has 0 radical (unpaired) electrons. The lowest BCUT2D eigenvalue weighted by Crippen LogP contribution is -2.04. The van der Waals surface area contributed by atoms with Gasteiger partial charge in [-0.2, -0.15) is 0 Å². The first-order chi connectivity index (χ1) is 9.10. The largest absolute Gasteiger partial charge is 0.325 e. The number of aryl methyl sites for hydroxylation is 3. The molecule has 0 bridgehead atoms. The smallest absolute Gasteiger partial charge is 0.207 e. The molecular formula is C15H20FN3. The number of halogens is 1. The molecule has 0 aliphatic carbocycles. The molecule has 0 fully saturated rings. The molecule has 0 atom stereocenters. The number of aromatic nitrogens is 2. The van der Waals surface area contributed by atoms with E-state index in [1.165, 1.54) is 12.1 Å². The fourth-order valence-corrected chi connectivity index (χ4v) is 1.99. The highest BCUT2D eigenvalue weighted by Gasteiger charge is 2.07. The lowest BCUT2D eigenvalue weighted by molar-refractivity contribution is 0.627. The van der Waals surface area contributed by atoms with E-state index < -0.39 is 0 Å². The van der Waals surface area contributed by atoms with Crippen molar-refractivity contribution < 1.29 is 4.39 Å². The zero-order valence-corrected chi connectivity index (χ0v) is 11.7. The summed E-state index contributed by atoms with van der Waals surface area (Å²) in [5.74, 6) is 0.538.